The van der Waals surface area contributed by atoms with E-state index >= 15 is 0 Å². The standard InChI is InChI=1S/C15H12ClN3O2/c1-20-11-6-7-13(17)12(8-11)15-18-14(19-21-15)9-2-4-10(16)5-3-9/h2-8H,17H2,1H3. The Morgan fingerprint density at radius 2 is 1.90 bits per heavy atom. The summed E-state index contributed by atoms with van der Waals surface area (Å²) in [6.45, 7) is 0. The van der Waals surface area contributed by atoms with E-state index in [2.05, 4.69) is 10.1 Å². The van der Waals surface area contributed by atoms with Crippen LogP contribution in [0.3, 0.4) is 0 Å². The third-order valence-corrected chi connectivity index (χ3v) is 3.27. The second-order valence-corrected chi connectivity index (χ2v) is 4.82. The fourth-order valence-corrected chi connectivity index (χ4v) is 2.02. The molecule has 3 rings (SSSR count). The number of ether oxygens (including phenoxy) is 1. The number of rotatable bonds is 3. The van der Waals surface area contributed by atoms with Gasteiger partial charge in [0.1, 0.15) is 5.75 Å². The topological polar surface area (TPSA) is 74.2 Å². The Labute approximate surface area is 126 Å². The number of anilines is 1. The number of methoxy groups -OCH3 is 1. The van der Waals surface area contributed by atoms with Gasteiger partial charge in [-0.1, -0.05) is 16.8 Å². The molecule has 0 radical (unpaired) electrons. The lowest BCUT2D eigenvalue weighted by Crippen LogP contribution is -1.92. The summed E-state index contributed by atoms with van der Waals surface area (Å²) < 4.78 is 10.5. The minimum Gasteiger partial charge on any atom is -0.497 e. The van der Waals surface area contributed by atoms with Crippen molar-refractivity contribution in [2.24, 2.45) is 0 Å². The molecule has 0 aliphatic rings. The quantitative estimate of drug-likeness (QED) is 0.747. The van der Waals surface area contributed by atoms with Gasteiger partial charge in [0, 0.05) is 16.3 Å². The second kappa shape index (κ2) is 5.46. The van der Waals surface area contributed by atoms with Gasteiger partial charge in [0.05, 0.1) is 12.7 Å². The van der Waals surface area contributed by atoms with Gasteiger partial charge in [0.15, 0.2) is 0 Å². The Balaban J connectivity index is 2.00. The third-order valence-electron chi connectivity index (χ3n) is 3.02. The molecular formula is C15H12ClN3O2. The molecule has 0 bridgehead atoms. The third kappa shape index (κ3) is 2.68. The van der Waals surface area contributed by atoms with Gasteiger partial charge in [-0.3, -0.25) is 0 Å². The first-order chi connectivity index (χ1) is 10.2. The number of nitrogens with zero attached hydrogens (tertiary/aromatic N) is 2. The first-order valence-corrected chi connectivity index (χ1v) is 6.58. The number of halogens is 1. The van der Waals surface area contributed by atoms with E-state index < -0.39 is 0 Å². The van der Waals surface area contributed by atoms with Crippen molar-refractivity contribution < 1.29 is 9.26 Å². The molecule has 1 aromatic heterocycles. The summed E-state index contributed by atoms with van der Waals surface area (Å²) in [5, 5.41) is 4.62. The Bertz CT molecular complexity index is 769. The Morgan fingerprint density at radius 3 is 2.62 bits per heavy atom. The van der Waals surface area contributed by atoms with Crippen LogP contribution in [0.15, 0.2) is 47.0 Å². The maximum atomic E-state index is 5.94. The summed E-state index contributed by atoms with van der Waals surface area (Å²) >= 11 is 5.86. The van der Waals surface area contributed by atoms with Crippen molar-refractivity contribution in [1.82, 2.24) is 10.1 Å². The van der Waals surface area contributed by atoms with Crippen LogP contribution in [0.4, 0.5) is 5.69 Å². The maximum Gasteiger partial charge on any atom is 0.260 e. The predicted octanol–water partition coefficient (Wildman–Crippen LogP) is 3.65. The summed E-state index contributed by atoms with van der Waals surface area (Å²) in [5.74, 6) is 1.49. The average molecular weight is 302 g/mol. The van der Waals surface area contributed by atoms with E-state index in [4.69, 9.17) is 26.6 Å². The average Bonchev–Trinajstić information content (AvgIpc) is 2.98. The van der Waals surface area contributed by atoms with E-state index in [1.165, 1.54) is 0 Å². The summed E-state index contributed by atoms with van der Waals surface area (Å²) in [6, 6.07) is 12.5. The van der Waals surface area contributed by atoms with Gasteiger partial charge >= 0.3 is 0 Å². The van der Waals surface area contributed by atoms with E-state index in [9.17, 15) is 0 Å². The van der Waals surface area contributed by atoms with Crippen LogP contribution in [0.2, 0.25) is 5.02 Å². The number of nitrogen functional groups attached to an aromatic ring is 1. The summed E-state index contributed by atoms with van der Waals surface area (Å²) in [7, 11) is 1.59. The monoisotopic (exact) mass is 301 g/mol. The van der Waals surface area contributed by atoms with Crippen LogP contribution in [0.5, 0.6) is 5.75 Å². The molecule has 0 aliphatic heterocycles. The lowest BCUT2D eigenvalue weighted by Gasteiger charge is -2.03. The van der Waals surface area contributed by atoms with Gasteiger partial charge in [0.2, 0.25) is 5.82 Å². The van der Waals surface area contributed by atoms with Crippen molar-refractivity contribution in [3.05, 3.63) is 47.5 Å². The molecule has 106 valence electrons. The highest BCUT2D eigenvalue weighted by molar-refractivity contribution is 6.30. The highest BCUT2D eigenvalue weighted by atomic mass is 35.5. The number of hydrogen-bond donors (Lipinski definition) is 1. The van der Waals surface area contributed by atoms with Crippen LogP contribution in [0.25, 0.3) is 22.8 Å². The molecule has 0 spiro atoms. The Hall–Kier alpha value is -2.53. The van der Waals surface area contributed by atoms with Gasteiger partial charge in [-0.05, 0) is 42.5 Å². The molecule has 2 N–H and O–H groups in total. The van der Waals surface area contributed by atoms with Crippen molar-refractivity contribution >= 4 is 17.3 Å². The molecule has 0 unspecified atom stereocenters. The van der Waals surface area contributed by atoms with Crippen molar-refractivity contribution in [2.75, 3.05) is 12.8 Å². The lowest BCUT2D eigenvalue weighted by atomic mass is 10.1. The molecule has 5 nitrogen and oxygen atoms in total. The van der Waals surface area contributed by atoms with E-state index in [1.807, 2.05) is 12.1 Å². The summed E-state index contributed by atoms with van der Waals surface area (Å²) in [4.78, 5) is 4.36. The van der Waals surface area contributed by atoms with Crippen molar-refractivity contribution in [2.45, 2.75) is 0 Å². The molecule has 0 saturated carbocycles. The van der Waals surface area contributed by atoms with Crippen LogP contribution in [0, 0.1) is 0 Å². The van der Waals surface area contributed by atoms with Crippen molar-refractivity contribution in [3.63, 3.8) is 0 Å². The first kappa shape index (κ1) is 13.5. The second-order valence-electron chi connectivity index (χ2n) is 4.38. The van der Waals surface area contributed by atoms with Crippen LogP contribution in [-0.4, -0.2) is 17.3 Å². The normalized spacial score (nSPS) is 10.6. The fourth-order valence-electron chi connectivity index (χ4n) is 1.90. The molecule has 21 heavy (non-hydrogen) atoms. The molecule has 0 amide bonds. The molecular weight excluding hydrogens is 290 g/mol. The lowest BCUT2D eigenvalue weighted by molar-refractivity contribution is 0.413. The smallest absolute Gasteiger partial charge is 0.260 e. The Morgan fingerprint density at radius 1 is 1.14 bits per heavy atom. The van der Waals surface area contributed by atoms with Crippen LogP contribution < -0.4 is 10.5 Å². The maximum absolute atomic E-state index is 5.94. The minimum absolute atomic E-state index is 0.344. The first-order valence-electron chi connectivity index (χ1n) is 6.21. The van der Waals surface area contributed by atoms with E-state index in [0.717, 1.165) is 5.56 Å². The molecule has 0 atom stereocenters. The number of aromatic nitrogens is 2. The van der Waals surface area contributed by atoms with Gasteiger partial charge in [-0.2, -0.15) is 4.98 Å². The van der Waals surface area contributed by atoms with Crippen molar-refractivity contribution in [3.8, 4) is 28.6 Å². The zero-order chi connectivity index (χ0) is 14.8. The zero-order valence-corrected chi connectivity index (χ0v) is 12.0. The van der Waals surface area contributed by atoms with Gasteiger partial charge in [-0.25, -0.2) is 0 Å². The molecule has 0 aliphatic carbocycles. The Kier molecular flexibility index (Phi) is 3.50. The highest BCUT2D eigenvalue weighted by Gasteiger charge is 2.14. The largest absolute Gasteiger partial charge is 0.497 e. The zero-order valence-electron chi connectivity index (χ0n) is 11.2. The number of hydrogen-bond acceptors (Lipinski definition) is 5. The summed E-state index contributed by atoms with van der Waals surface area (Å²) in [6.07, 6.45) is 0. The molecule has 2 aromatic carbocycles. The molecule has 0 saturated heterocycles. The fraction of sp³-hybridized carbons (Fsp3) is 0.0667. The van der Waals surface area contributed by atoms with Crippen LogP contribution in [-0.2, 0) is 0 Å². The molecule has 1 heterocycles. The summed E-state index contributed by atoms with van der Waals surface area (Å²) in [5.41, 5.74) is 7.94. The van der Waals surface area contributed by atoms with Crippen molar-refractivity contribution in [1.29, 1.82) is 0 Å². The van der Waals surface area contributed by atoms with Crippen LogP contribution in [0.1, 0.15) is 0 Å². The van der Waals surface area contributed by atoms with Gasteiger partial charge < -0.3 is 15.0 Å². The van der Waals surface area contributed by atoms with Crippen LogP contribution >= 0.6 is 11.6 Å². The van der Waals surface area contributed by atoms with Gasteiger partial charge in [0.25, 0.3) is 5.89 Å². The number of benzene rings is 2. The molecule has 6 heteroatoms. The van der Waals surface area contributed by atoms with E-state index in [1.54, 1.807) is 37.4 Å². The SMILES string of the molecule is COc1ccc(N)c(-c2nc(-c3ccc(Cl)cc3)no2)c1. The van der Waals surface area contributed by atoms with Gasteiger partial charge in [-0.15, -0.1) is 0 Å². The highest BCUT2D eigenvalue weighted by Crippen LogP contribution is 2.30. The molecule has 3 aromatic rings. The van der Waals surface area contributed by atoms with E-state index in [-0.39, 0.29) is 0 Å². The molecule has 0 fully saturated rings. The van der Waals surface area contributed by atoms with E-state index in [0.29, 0.717) is 33.7 Å². The number of nitrogens with two attached hydrogens (primary N) is 1. The predicted molar refractivity (Wildman–Crippen MR) is 81.1 cm³/mol. The minimum atomic E-state index is 0.344.